The van der Waals surface area contributed by atoms with Gasteiger partial charge in [-0.3, -0.25) is 4.79 Å². The van der Waals surface area contributed by atoms with E-state index < -0.39 is 5.97 Å². The van der Waals surface area contributed by atoms with E-state index in [9.17, 15) is 4.79 Å². The first-order chi connectivity index (χ1) is 15.1. The minimum absolute atomic E-state index is 0.0194. The minimum Gasteiger partial charge on any atom is -0.469 e. The monoisotopic (exact) mass is 432 g/mol. The quantitative estimate of drug-likeness (QED) is 0.401. The Bertz CT molecular complexity index is 1440. The molecule has 0 amide bonds. The molecule has 3 aromatic heterocycles. The van der Waals surface area contributed by atoms with Gasteiger partial charge >= 0.3 is 5.97 Å². The summed E-state index contributed by atoms with van der Waals surface area (Å²) in [7, 11) is 1.34. The molecule has 0 N–H and O–H groups in total. The van der Waals surface area contributed by atoms with Crippen molar-refractivity contribution in [1.82, 2.24) is 29.6 Å². The topological polar surface area (TPSA) is 87.2 Å². The number of halogens is 1. The molecule has 0 aliphatic heterocycles. The Morgan fingerprint density at radius 3 is 2.61 bits per heavy atom. The van der Waals surface area contributed by atoms with Crippen LogP contribution in [0.1, 0.15) is 11.4 Å². The third kappa shape index (κ3) is 3.21. The number of para-hydroxylation sites is 1. The molecule has 0 aliphatic carbocycles. The zero-order chi connectivity index (χ0) is 21.5. The Morgan fingerprint density at radius 2 is 1.87 bits per heavy atom. The molecular formula is C22H17ClN6O2. The van der Waals surface area contributed by atoms with Gasteiger partial charge in [-0.05, 0) is 36.8 Å². The molecule has 2 aromatic carbocycles. The van der Waals surface area contributed by atoms with Crippen LogP contribution in [-0.4, -0.2) is 42.7 Å². The van der Waals surface area contributed by atoms with Crippen LogP contribution in [0.4, 0.5) is 0 Å². The standard InChI is InChI=1S/C22H17ClN6O2/c1-13-19(14-7-6-8-15(23)11-14)21-25-24-20-17(12-18(30)31-2)27-28(22(20)29(21)26-13)16-9-4-3-5-10-16/h3-11H,12H2,1-2H3. The zero-order valence-electron chi connectivity index (χ0n) is 16.8. The van der Waals surface area contributed by atoms with E-state index in [1.54, 1.807) is 9.20 Å². The third-order valence-corrected chi connectivity index (χ3v) is 5.28. The number of aromatic nitrogens is 6. The number of fused-ring (bicyclic) bond motifs is 3. The van der Waals surface area contributed by atoms with Crippen LogP contribution in [-0.2, 0) is 16.0 Å². The summed E-state index contributed by atoms with van der Waals surface area (Å²) < 4.78 is 8.27. The maximum absolute atomic E-state index is 12.0. The van der Waals surface area contributed by atoms with Crippen LogP contribution in [0.2, 0.25) is 5.02 Å². The van der Waals surface area contributed by atoms with E-state index in [0.717, 1.165) is 22.5 Å². The summed E-state index contributed by atoms with van der Waals surface area (Å²) in [5.74, 6) is -0.405. The Labute approximate surface area is 182 Å². The van der Waals surface area contributed by atoms with Crippen molar-refractivity contribution in [3.63, 3.8) is 0 Å². The maximum atomic E-state index is 12.0. The Morgan fingerprint density at radius 1 is 1.06 bits per heavy atom. The second-order valence-electron chi connectivity index (χ2n) is 7.03. The highest BCUT2D eigenvalue weighted by Crippen LogP contribution is 2.31. The number of carbonyl (C=O) groups is 1. The van der Waals surface area contributed by atoms with Gasteiger partial charge in [0.25, 0.3) is 0 Å². The molecule has 0 bridgehead atoms. The summed E-state index contributed by atoms with van der Waals surface area (Å²) in [6, 6.07) is 17.1. The van der Waals surface area contributed by atoms with Crippen molar-refractivity contribution in [2.75, 3.05) is 7.11 Å². The third-order valence-electron chi connectivity index (χ3n) is 5.04. The molecule has 5 rings (SSSR count). The van der Waals surface area contributed by atoms with E-state index in [0.29, 0.717) is 27.5 Å². The van der Waals surface area contributed by atoms with Crippen molar-refractivity contribution in [3.8, 4) is 16.8 Å². The van der Waals surface area contributed by atoms with Gasteiger partial charge in [0.05, 0.1) is 30.5 Å². The van der Waals surface area contributed by atoms with Crippen LogP contribution < -0.4 is 0 Å². The van der Waals surface area contributed by atoms with Gasteiger partial charge in [-0.25, -0.2) is 4.68 Å². The van der Waals surface area contributed by atoms with Crippen LogP contribution in [0.25, 0.3) is 33.6 Å². The Hall–Kier alpha value is -3.78. The fourth-order valence-corrected chi connectivity index (χ4v) is 3.84. The van der Waals surface area contributed by atoms with Crippen LogP contribution >= 0.6 is 11.6 Å². The van der Waals surface area contributed by atoms with Crippen molar-refractivity contribution in [2.45, 2.75) is 13.3 Å². The Kier molecular flexibility index (Phi) is 4.63. The summed E-state index contributed by atoms with van der Waals surface area (Å²) in [6.07, 6.45) is -0.0194. The van der Waals surface area contributed by atoms with Gasteiger partial charge in [0.2, 0.25) is 0 Å². The molecule has 31 heavy (non-hydrogen) atoms. The van der Waals surface area contributed by atoms with Crippen molar-refractivity contribution in [1.29, 1.82) is 0 Å². The van der Waals surface area contributed by atoms with E-state index in [2.05, 4.69) is 15.3 Å². The van der Waals surface area contributed by atoms with E-state index >= 15 is 0 Å². The molecule has 0 spiro atoms. The lowest BCUT2D eigenvalue weighted by molar-refractivity contribution is -0.139. The minimum atomic E-state index is -0.405. The van der Waals surface area contributed by atoms with Crippen LogP contribution in [0, 0.1) is 6.92 Å². The molecule has 0 saturated heterocycles. The fourth-order valence-electron chi connectivity index (χ4n) is 3.65. The number of methoxy groups -OCH3 is 1. The van der Waals surface area contributed by atoms with Crippen molar-refractivity contribution in [2.24, 2.45) is 0 Å². The SMILES string of the molecule is COC(=O)Cc1nn(-c2ccccc2)c2c1nnc1c(-c3cccc(Cl)c3)c(C)nn12. The lowest BCUT2D eigenvalue weighted by atomic mass is 10.1. The molecule has 0 radical (unpaired) electrons. The highest BCUT2D eigenvalue weighted by Gasteiger charge is 2.23. The van der Waals surface area contributed by atoms with Gasteiger partial charge in [0.15, 0.2) is 16.8 Å². The fraction of sp³-hybridized carbons (Fsp3) is 0.136. The lowest BCUT2D eigenvalue weighted by Gasteiger charge is -2.04. The molecule has 8 nitrogen and oxygen atoms in total. The molecule has 0 saturated carbocycles. The molecule has 0 unspecified atom stereocenters. The van der Waals surface area contributed by atoms with Gasteiger partial charge < -0.3 is 4.74 Å². The molecule has 0 aliphatic rings. The average molecular weight is 433 g/mol. The van der Waals surface area contributed by atoms with E-state index in [1.165, 1.54) is 7.11 Å². The molecule has 0 atom stereocenters. The van der Waals surface area contributed by atoms with E-state index in [1.807, 2.05) is 61.5 Å². The molecule has 154 valence electrons. The smallest absolute Gasteiger partial charge is 0.311 e. The number of esters is 1. The number of aryl methyl sites for hydroxylation is 1. The van der Waals surface area contributed by atoms with Gasteiger partial charge in [-0.2, -0.15) is 14.7 Å². The Balaban J connectivity index is 1.84. The number of nitrogens with zero attached hydrogens (tertiary/aromatic N) is 6. The zero-order valence-corrected chi connectivity index (χ0v) is 17.5. The highest BCUT2D eigenvalue weighted by molar-refractivity contribution is 6.30. The van der Waals surface area contributed by atoms with E-state index in [4.69, 9.17) is 21.4 Å². The predicted molar refractivity (Wildman–Crippen MR) is 116 cm³/mol. The second kappa shape index (κ2) is 7.48. The summed E-state index contributed by atoms with van der Waals surface area (Å²) in [6.45, 7) is 1.91. The van der Waals surface area contributed by atoms with Crippen LogP contribution in [0.5, 0.6) is 0 Å². The first kappa shape index (κ1) is 19.2. The summed E-state index contributed by atoms with van der Waals surface area (Å²) in [4.78, 5) is 12.0. The van der Waals surface area contributed by atoms with Gasteiger partial charge in [0, 0.05) is 5.02 Å². The molecule has 5 aromatic rings. The average Bonchev–Trinajstić information content (AvgIpc) is 3.31. The molecule has 3 heterocycles. The number of ether oxygens (including phenoxy) is 1. The lowest BCUT2D eigenvalue weighted by Crippen LogP contribution is -2.06. The molecular weight excluding hydrogens is 416 g/mol. The van der Waals surface area contributed by atoms with Gasteiger partial charge in [0.1, 0.15) is 5.69 Å². The largest absolute Gasteiger partial charge is 0.469 e. The number of hydrogen-bond acceptors (Lipinski definition) is 6. The summed E-state index contributed by atoms with van der Waals surface area (Å²) in [5.41, 5.74) is 5.48. The second-order valence-corrected chi connectivity index (χ2v) is 7.46. The summed E-state index contributed by atoms with van der Waals surface area (Å²) in [5, 5.41) is 18.9. The summed E-state index contributed by atoms with van der Waals surface area (Å²) >= 11 is 6.21. The molecule has 9 heteroatoms. The van der Waals surface area contributed by atoms with Crippen molar-refractivity contribution >= 4 is 34.4 Å². The van der Waals surface area contributed by atoms with Crippen molar-refractivity contribution < 1.29 is 9.53 Å². The highest BCUT2D eigenvalue weighted by atomic mass is 35.5. The first-order valence-electron chi connectivity index (χ1n) is 9.58. The molecule has 0 fully saturated rings. The first-order valence-corrected chi connectivity index (χ1v) is 9.96. The normalized spacial score (nSPS) is 11.3. The predicted octanol–water partition coefficient (Wildman–Crippen LogP) is 3.81. The van der Waals surface area contributed by atoms with Crippen LogP contribution in [0.3, 0.4) is 0 Å². The number of hydrogen-bond donors (Lipinski definition) is 0. The van der Waals surface area contributed by atoms with Crippen LogP contribution in [0.15, 0.2) is 54.6 Å². The maximum Gasteiger partial charge on any atom is 0.311 e. The number of benzene rings is 2. The van der Waals surface area contributed by atoms with Gasteiger partial charge in [-0.1, -0.05) is 41.9 Å². The van der Waals surface area contributed by atoms with Crippen molar-refractivity contribution in [3.05, 3.63) is 71.0 Å². The number of carbonyl (C=O) groups excluding carboxylic acids is 1. The van der Waals surface area contributed by atoms with Gasteiger partial charge in [-0.15, -0.1) is 10.2 Å². The number of rotatable bonds is 4. The van der Waals surface area contributed by atoms with E-state index in [-0.39, 0.29) is 6.42 Å².